The molecule has 0 fully saturated rings. The van der Waals surface area contributed by atoms with Gasteiger partial charge in [0.2, 0.25) is 5.91 Å². The van der Waals surface area contributed by atoms with Crippen LogP contribution >= 0.6 is 0 Å². The van der Waals surface area contributed by atoms with Crippen molar-refractivity contribution in [2.24, 2.45) is 7.05 Å². The molecule has 1 N–H and O–H groups in total. The van der Waals surface area contributed by atoms with Crippen LogP contribution in [0.4, 0.5) is 5.69 Å². The number of fused-ring (bicyclic) bond motifs is 1. The molecule has 1 aliphatic heterocycles. The fourth-order valence-corrected chi connectivity index (χ4v) is 3.81. The van der Waals surface area contributed by atoms with Crippen molar-refractivity contribution in [2.45, 2.75) is 46.1 Å². The van der Waals surface area contributed by atoms with Crippen LogP contribution in [0.5, 0.6) is 0 Å². The number of hydrogen-bond donors (Lipinski definition) is 1. The van der Waals surface area contributed by atoms with Crippen LogP contribution in [-0.2, 0) is 24.8 Å². The number of carbonyl (C=O) groups is 1. The Morgan fingerprint density at radius 2 is 2.03 bits per heavy atom. The van der Waals surface area contributed by atoms with E-state index in [0.717, 1.165) is 65.7 Å². The van der Waals surface area contributed by atoms with Crippen molar-refractivity contribution >= 4 is 17.7 Å². The van der Waals surface area contributed by atoms with Gasteiger partial charge in [-0.05, 0) is 44.9 Å². The summed E-state index contributed by atoms with van der Waals surface area (Å²) in [5.41, 5.74) is 4.61. The summed E-state index contributed by atoms with van der Waals surface area (Å²) in [6, 6.07) is 7.78. The van der Waals surface area contributed by atoms with Crippen molar-refractivity contribution in [3.05, 3.63) is 53.1 Å². The van der Waals surface area contributed by atoms with E-state index in [2.05, 4.69) is 25.2 Å². The highest BCUT2D eigenvalue weighted by Crippen LogP contribution is 2.25. The van der Waals surface area contributed by atoms with Crippen LogP contribution in [-0.4, -0.2) is 30.5 Å². The number of rotatable bonds is 4. The summed E-state index contributed by atoms with van der Waals surface area (Å²) < 4.78 is 4.03. The van der Waals surface area contributed by atoms with Crippen LogP contribution in [0.3, 0.4) is 0 Å². The smallest absolute Gasteiger partial charge is 0.248 e. The highest BCUT2D eigenvalue weighted by atomic mass is 16.1. The summed E-state index contributed by atoms with van der Waals surface area (Å²) in [5.74, 6) is 1.75. The first-order chi connectivity index (χ1) is 14.0. The number of anilines is 1. The van der Waals surface area contributed by atoms with Crippen molar-refractivity contribution in [1.29, 1.82) is 0 Å². The van der Waals surface area contributed by atoms with E-state index in [-0.39, 0.29) is 5.91 Å². The predicted octanol–water partition coefficient (Wildman–Crippen LogP) is 3.67. The lowest BCUT2D eigenvalue weighted by Gasteiger charge is -2.09. The maximum atomic E-state index is 12.4. The van der Waals surface area contributed by atoms with Crippen LogP contribution in [0.2, 0.25) is 0 Å². The van der Waals surface area contributed by atoms with E-state index in [1.54, 1.807) is 6.08 Å². The normalized spacial score (nSPS) is 14.0. The lowest BCUT2D eigenvalue weighted by molar-refractivity contribution is -0.111. The Hall–Kier alpha value is -3.22. The molecule has 7 heteroatoms. The Kier molecular flexibility index (Phi) is 5.29. The molecule has 3 aromatic rings. The van der Waals surface area contributed by atoms with Gasteiger partial charge in [-0.25, -0.2) is 0 Å². The Labute approximate surface area is 170 Å². The molecule has 1 amide bonds. The number of benzene rings is 1. The molecular formula is C22H26N6O. The molecule has 0 bridgehead atoms. The van der Waals surface area contributed by atoms with E-state index in [1.807, 2.05) is 55.9 Å². The standard InChI is InChI=1S/C22H26N6O/c1-15-19(16(2)27(3)26-15)11-12-21(29)23-18-9-7-8-17(14-18)22-25-24-20-10-5-4-6-13-28(20)22/h7-9,11-12,14H,4-6,10,13H2,1-3H3,(H,23,29)/b12-11+. The Morgan fingerprint density at radius 1 is 1.17 bits per heavy atom. The van der Waals surface area contributed by atoms with E-state index in [9.17, 15) is 4.79 Å². The zero-order valence-corrected chi connectivity index (χ0v) is 17.1. The van der Waals surface area contributed by atoms with Gasteiger partial charge in [0.1, 0.15) is 5.82 Å². The minimum Gasteiger partial charge on any atom is -0.322 e. The van der Waals surface area contributed by atoms with E-state index in [0.29, 0.717) is 0 Å². The maximum absolute atomic E-state index is 12.4. The Morgan fingerprint density at radius 3 is 2.83 bits per heavy atom. The molecule has 2 aromatic heterocycles. The molecule has 7 nitrogen and oxygen atoms in total. The first-order valence-electron chi connectivity index (χ1n) is 10.0. The molecule has 0 saturated carbocycles. The molecule has 0 atom stereocenters. The molecule has 0 spiro atoms. The molecule has 150 valence electrons. The van der Waals surface area contributed by atoms with E-state index >= 15 is 0 Å². The van der Waals surface area contributed by atoms with Gasteiger partial charge < -0.3 is 9.88 Å². The summed E-state index contributed by atoms with van der Waals surface area (Å²) in [7, 11) is 1.90. The van der Waals surface area contributed by atoms with Crippen LogP contribution in [0.25, 0.3) is 17.5 Å². The molecule has 1 aliphatic rings. The minimum absolute atomic E-state index is 0.176. The highest BCUT2D eigenvalue weighted by molar-refractivity contribution is 6.02. The number of amides is 1. The molecular weight excluding hydrogens is 364 g/mol. The second-order valence-electron chi connectivity index (χ2n) is 7.51. The van der Waals surface area contributed by atoms with Crippen LogP contribution in [0.1, 0.15) is 42.0 Å². The average Bonchev–Trinajstić information content (AvgIpc) is 3.10. The zero-order chi connectivity index (χ0) is 20.4. The highest BCUT2D eigenvalue weighted by Gasteiger charge is 2.16. The third-order valence-corrected chi connectivity index (χ3v) is 5.46. The monoisotopic (exact) mass is 390 g/mol. The number of carbonyl (C=O) groups excluding carboxylic acids is 1. The largest absolute Gasteiger partial charge is 0.322 e. The van der Waals surface area contributed by atoms with E-state index < -0.39 is 0 Å². The van der Waals surface area contributed by atoms with Crippen molar-refractivity contribution in [1.82, 2.24) is 24.5 Å². The van der Waals surface area contributed by atoms with Gasteiger partial charge in [0, 0.05) is 48.6 Å². The lowest BCUT2D eigenvalue weighted by Crippen LogP contribution is -2.08. The van der Waals surface area contributed by atoms with Crippen molar-refractivity contribution in [2.75, 3.05) is 5.32 Å². The number of nitrogens with one attached hydrogen (secondary N) is 1. The summed E-state index contributed by atoms with van der Waals surface area (Å²) >= 11 is 0. The summed E-state index contributed by atoms with van der Waals surface area (Å²) in [6.45, 7) is 4.87. The topological polar surface area (TPSA) is 77.6 Å². The molecule has 0 unspecified atom stereocenters. The van der Waals surface area contributed by atoms with Gasteiger partial charge in [0.15, 0.2) is 5.82 Å². The van der Waals surface area contributed by atoms with Gasteiger partial charge in [0.25, 0.3) is 0 Å². The van der Waals surface area contributed by atoms with Gasteiger partial charge in [0.05, 0.1) is 5.69 Å². The first-order valence-corrected chi connectivity index (χ1v) is 10.0. The van der Waals surface area contributed by atoms with Crippen LogP contribution in [0, 0.1) is 13.8 Å². The molecule has 0 radical (unpaired) electrons. The number of aromatic nitrogens is 5. The lowest BCUT2D eigenvalue weighted by atomic mass is 10.1. The predicted molar refractivity (Wildman–Crippen MR) is 113 cm³/mol. The maximum Gasteiger partial charge on any atom is 0.248 e. The van der Waals surface area contributed by atoms with Gasteiger partial charge in [-0.2, -0.15) is 5.10 Å². The third-order valence-electron chi connectivity index (χ3n) is 5.46. The minimum atomic E-state index is -0.176. The van der Waals surface area contributed by atoms with Gasteiger partial charge in [-0.3, -0.25) is 9.48 Å². The van der Waals surface area contributed by atoms with Crippen LogP contribution < -0.4 is 5.32 Å². The SMILES string of the molecule is Cc1nn(C)c(C)c1/C=C/C(=O)Nc1cccc(-c2nnc3n2CCCCC3)c1. The molecule has 3 heterocycles. The van der Waals surface area contributed by atoms with E-state index in [4.69, 9.17) is 0 Å². The Balaban J connectivity index is 1.52. The summed E-state index contributed by atoms with van der Waals surface area (Å²) in [4.78, 5) is 12.4. The van der Waals surface area contributed by atoms with E-state index in [1.165, 1.54) is 6.42 Å². The van der Waals surface area contributed by atoms with Gasteiger partial charge in [-0.1, -0.05) is 18.6 Å². The Bertz CT molecular complexity index is 1080. The fourth-order valence-electron chi connectivity index (χ4n) is 3.81. The summed E-state index contributed by atoms with van der Waals surface area (Å²) in [6.07, 6.45) is 7.87. The second kappa shape index (κ2) is 8.03. The molecule has 0 aliphatic carbocycles. The molecule has 0 saturated heterocycles. The van der Waals surface area contributed by atoms with Gasteiger partial charge in [-0.15, -0.1) is 10.2 Å². The van der Waals surface area contributed by atoms with Crippen LogP contribution in [0.15, 0.2) is 30.3 Å². The third kappa shape index (κ3) is 3.99. The van der Waals surface area contributed by atoms with Crippen molar-refractivity contribution in [3.8, 4) is 11.4 Å². The first kappa shape index (κ1) is 19.1. The molecule has 29 heavy (non-hydrogen) atoms. The van der Waals surface area contributed by atoms with Crippen molar-refractivity contribution < 1.29 is 4.79 Å². The van der Waals surface area contributed by atoms with Gasteiger partial charge >= 0.3 is 0 Å². The number of nitrogens with zero attached hydrogens (tertiary/aromatic N) is 5. The number of aryl methyl sites for hydroxylation is 3. The molecule has 4 rings (SSSR count). The second-order valence-corrected chi connectivity index (χ2v) is 7.51. The fraction of sp³-hybridized carbons (Fsp3) is 0.364. The molecule has 1 aromatic carbocycles. The van der Waals surface area contributed by atoms with Crippen molar-refractivity contribution in [3.63, 3.8) is 0 Å². The quantitative estimate of drug-likeness (QED) is 0.690. The number of hydrogen-bond acceptors (Lipinski definition) is 4. The average molecular weight is 390 g/mol. The zero-order valence-electron chi connectivity index (χ0n) is 17.1. The summed E-state index contributed by atoms with van der Waals surface area (Å²) in [5, 5.41) is 16.1.